The molecule has 0 fully saturated rings. The van der Waals surface area contributed by atoms with Gasteiger partial charge in [-0.2, -0.15) is 0 Å². The van der Waals surface area contributed by atoms with Gasteiger partial charge in [-0.05, 0) is 0 Å². The number of fused-ring (bicyclic) bond motifs is 2. The van der Waals surface area contributed by atoms with Gasteiger partial charge in [0.05, 0.1) is 0 Å². The zero-order chi connectivity index (χ0) is 22.4. The third kappa shape index (κ3) is 3.64. The van der Waals surface area contributed by atoms with Crippen molar-refractivity contribution >= 4 is 23.3 Å². The van der Waals surface area contributed by atoms with E-state index in [0.717, 1.165) is 0 Å². The van der Waals surface area contributed by atoms with Crippen molar-refractivity contribution in [1.29, 1.82) is 0 Å². The van der Waals surface area contributed by atoms with Gasteiger partial charge in [0.15, 0.2) is 0 Å². The molecule has 0 aromatic heterocycles. The van der Waals surface area contributed by atoms with Crippen LogP contribution in [0.3, 0.4) is 0 Å². The Morgan fingerprint density at radius 1 is 0.485 bits per heavy atom. The summed E-state index contributed by atoms with van der Waals surface area (Å²) in [5.74, 6) is 0. The molecule has 0 aliphatic heterocycles. The summed E-state index contributed by atoms with van der Waals surface area (Å²) in [7, 11) is 0. The average Bonchev–Trinajstić information content (AvgIpc) is 3.39. The van der Waals surface area contributed by atoms with Crippen molar-refractivity contribution in [3.05, 3.63) is 142 Å². The Hall–Kier alpha value is -2.76. The van der Waals surface area contributed by atoms with Crippen molar-refractivity contribution in [3.63, 3.8) is 0 Å². The molecule has 4 aromatic rings. The van der Waals surface area contributed by atoms with Crippen LogP contribution in [-0.2, 0) is 23.2 Å². The van der Waals surface area contributed by atoms with Crippen LogP contribution in [0.4, 0.5) is 0 Å². The molecule has 0 saturated heterocycles. The summed E-state index contributed by atoms with van der Waals surface area (Å²) in [4.78, 5) is 0. The van der Waals surface area contributed by atoms with Gasteiger partial charge in [-0.3, -0.25) is 0 Å². The first-order chi connectivity index (χ1) is 16.2. The van der Waals surface area contributed by atoms with E-state index in [1.165, 1.54) is 55.7 Å². The quantitative estimate of drug-likeness (QED) is 0.264. The Morgan fingerprint density at radius 2 is 0.879 bits per heavy atom. The van der Waals surface area contributed by atoms with Gasteiger partial charge in [-0.25, -0.2) is 0 Å². The van der Waals surface area contributed by atoms with Crippen molar-refractivity contribution < 1.29 is 23.2 Å². The zero-order valence-corrected chi connectivity index (χ0v) is 21.5. The number of hydrogen-bond acceptors (Lipinski definition) is 0. The molecule has 0 amide bonds. The molecule has 6 rings (SSSR count). The van der Waals surface area contributed by atoms with Crippen molar-refractivity contribution in [2.24, 2.45) is 0 Å². The second-order valence-electron chi connectivity index (χ2n) is 9.12. The van der Waals surface area contributed by atoms with E-state index in [4.69, 9.17) is 0 Å². The van der Waals surface area contributed by atoms with Crippen LogP contribution in [0.15, 0.2) is 97.1 Å². The molecule has 0 N–H and O–H groups in total. The van der Waals surface area contributed by atoms with Gasteiger partial charge in [0.1, 0.15) is 0 Å². The van der Waals surface area contributed by atoms with E-state index in [-0.39, 0.29) is 0 Å². The molecular weight excluding hydrogens is 476 g/mol. The van der Waals surface area contributed by atoms with Crippen molar-refractivity contribution in [2.45, 2.75) is 21.1 Å². The molecule has 0 radical (unpaired) electrons. The molecule has 2 aliphatic rings. The van der Waals surface area contributed by atoms with Gasteiger partial charge in [0.25, 0.3) is 0 Å². The number of hydrogen-bond donors (Lipinski definition) is 0. The summed E-state index contributed by atoms with van der Waals surface area (Å²) in [6.45, 7) is 4.51. The molecule has 0 saturated carbocycles. The number of allylic oxidation sites excluding steroid dienone is 2. The normalized spacial score (nSPS) is 18.4. The summed E-state index contributed by atoms with van der Waals surface area (Å²) in [5, 5.41) is 0. The fraction of sp³-hybridized carbons (Fsp3) is 0.125. The van der Waals surface area contributed by atoms with Crippen molar-refractivity contribution in [3.8, 4) is 0 Å². The maximum atomic E-state index is 2.47. The van der Waals surface area contributed by atoms with Gasteiger partial charge in [0, 0.05) is 0 Å². The van der Waals surface area contributed by atoms with Crippen molar-refractivity contribution in [1.82, 2.24) is 0 Å². The summed E-state index contributed by atoms with van der Waals surface area (Å²) >= 11 is -0.981. The Bertz CT molecular complexity index is 1310. The SMILES string of the molecule is Cc1ccccc1C1=Cc2ccccc2[CH]1[Zr][CH]1C(c2ccccc2C)=Cc2ccccc21. The van der Waals surface area contributed by atoms with E-state index in [9.17, 15) is 0 Å². The Balaban J connectivity index is 1.47. The number of benzene rings is 4. The Labute approximate surface area is 208 Å². The second kappa shape index (κ2) is 8.55. The fourth-order valence-corrected chi connectivity index (χ4v) is 10.5. The standard InChI is InChI=1S/2C16H13.Zr/c2*1-12-6-2-5-9-16(12)15-10-13-7-3-4-8-14(13)11-15;/h2*2-11H,1H3;. The first kappa shape index (κ1) is 20.8. The molecule has 2 atom stereocenters. The van der Waals surface area contributed by atoms with Crippen LogP contribution in [0.1, 0.15) is 51.8 Å². The van der Waals surface area contributed by atoms with Crippen LogP contribution in [0.25, 0.3) is 23.3 Å². The van der Waals surface area contributed by atoms with E-state index in [1.54, 1.807) is 0 Å². The minimum absolute atomic E-state index is 0.550. The van der Waals surface area contributed by atoms with Crippen LogP contribution in [-0.4, -0.2) is 0 Å². The molecule has 0 heterocycles. The molecule has 33 heavy (non-hydrogen) atoms. The molecule has 2 aliphatic carbocycles. The van der Waals surface area contributed by atoms with Gasteiger partial charge < -0.3 is 0 Å². The summed E-state index contributed by atoms with van der Waals surface area (Å²) in [5.41, 5.74) is 14.6. The fourth-order valence-electron chi connectivity index (χ4n) is 5.43. The molecule has 158 valence electrons. The van der Waals surface area contributed by atoms with Crippen LogP contribution in [0.2, 0.25) is 0 Å². The molecule has 0 bridgehead atoms. The van der Waals surface area contributed by atoms with E-state index < -0.39 is 23.2 Å². The van der Waals surface area contributed by atoms with Crippen LogP contribution in [0.5, 0.6) is 0 Å². The van der Waals surface area contributed by atoms with Crippen LogP contribution >= 0.6 is 0 Å². The number of aryl methyl sites for hydroxylation is 2. The first-order valence-corrected chi connectivity index (χ1v) is 14.5. The van der Waals surface area contributed by atoms with Gasteiger partial charge in [-0.1, -0.05) is 0 Å². The predicted octanol–water partition coefficient (Wildman–Crippen LogP) is 8.28. The second-order valence-corrected chi connectivity index (χ2v) is 12.8. The van der Waals surface area contributed by atoms with Gasteiger partial charge in [0.2, 0.25) is 0 Å². The van der Waals surface area contributed by atoms with Crippen LogP contribution in [0, 0.1) is 13.8 Å². The third-order valence-electron chi connectivity index (χ3n) is 7.10. The maximum absolute atomic E-state index is 2.47. The Morgan fingerprint density at radius 3 is 1.33 bits per heavy atom. The average molecular weight is 502 g/mol. The summed E-state index contributed by atoms with van der Waals surface area (Å²) in [6.07, 6.45) is 4.95. The van der Waals surface area contributed by atoms with Crippen molar-refractivity contribution in [2.75, 3.05) is 0 Å². The molecule has 4 aromatic carbocycles. The van der Waals surface area contributed by atoms with E-state index in [0.29, 0.717) is 7.25 Å². The molecule has 2 unspecified atom stereocenters. The van der Waals surface area contributed by atoms with Gasteiger partial charge >= 0.3 is 209 Å². The first-order valence-electron chi connectivity index (χ1n) is 11.7. The molecule has 0 nitrogen and oxygen atoms in total. The van der Waals surface area contributed by atoms with E-state index >= 15 is 0 Å². The monoisotopic (exact) mass is 500 g/mol. The summed E-state index contributed by atoms with van der Waals surface area (Å²) < 4.78 is 1.10. The zero-order valence-electron chi connectivity index (χ0n) is 19.0. The molecule has 1 heteroatoms. The van der Waals surface area contributed by atoms with Crippen LogP contribution < -0.4 is 0 Å². The third-order valence-corrected chi connectivity index (χ3v) is 11.8. The summed E-state index contributed by atoms with van der Waals surface area (Å²) in [6, 6.07) is 36.0. The molecule has 0 spiro atoms. The van der Waals surface area contributed by atoms with E-state index in [1.807, 2.05) is 0 Å². The predicted molar refractivity (Wildman–Crippen MR) is 136 cm³/mol. The minimum atomic E-state index is -0.981. The topological polar surface area (TPSA) is 0 Å². The van der Waals surface area contributed by atoms with E-state index in [2.05, 4.69) is 123 Å². The van der Waals surface area contributed by atoms with Gasteiger partial charge in [-0.15, -0.1) is 0 Å². The molecular formula is C32H26Zr. The Kier molecular flexibility index (Phi) is 5.39. The number of rotatable bonds is 4.